The minimum Gasteiger partial charge on any atom is -0.497 e. The molecule has 1 aliphatic heterocycles. The van der Waals surface area contributed by atoms with Crippen molar-refractivity contribution >= 4 is 23.7 Å². The van der Waals surface area contributed by atoms with Crippen molar-refractivity contribution in [2.75, 3.05) is 31.6 Å². The molecule has 3 N–H and O–H groups in total. The SMILES string of the molecule is COc1ccc(N2CCN(C(=O)N[C@@H](CC(=O)O)C(=O)O)CC2(C)C)cc1. The van der Waals surface area contributed by atoms with E-state index in [0.29, 0.717) is 19.6 Å². The van der Waals surface area contributed by atoms with Crippen LogP contribution in [0.15, 0.2) is 24.3 Å². The first-order valence-electron chi connectivity index (χ1n) is 8.56. The minimum atomic E-state index is -1.46. The molecule has 0 spiro atoms. The highest BCUT2D eigenvalue weighted by atomic mass is 16.5. The number of piperazine rings is 1. The Labute approximate surface area is 157 Å². The Kier molecular flexibility index (Phi) is 6.14. The Balaban J connectivity index is 2.05. The zero-order valence-electron chi connectivity index (χ0n) is 15.6. The number of carbonyl (C=O) groups excluding carboxylic acids is 1. The molecular weight excluding hydrogens is 354 g/mol. The second-order valence-corrected chi connectivity index (χ2v) is 7.02. The van der Waals surface area contributed by atoms with Gasteiger partial charge in [0.1, 0.15) is 11.8 Å². The molecule has 1 aliphatic rings. The third kappa shape index (κ3) is 5.02. The van der Waals surface area contributed by atoms with E-state index in [2.05, 4.69) is 10.2 Å². The second-order valence-electron chi connectivity index (χ2n) is 7.02. The lowest BCUT2D eigenvalue weighted by Crippen LogP contribution is -2.63. The number of carbonyl (C=O) groups is 3. The van der Waals surface area contributed by atoms with Crippen molar-refractivity contribution in [3.8, 4) is 5.75 Å². The van der Waals surface area contributed by atoms with Crippen molar-refractivity contribution in [2.45, 2.75) is 31.8 Å². The summed E-state index contributed by atoms with van der Waals surface area (Å²) in [5, 5.41) is 20.2. The van der Waals surface area contributed by atoms with Crippen LogP contribution in [-0.2, 0) is 9.59 Å². The number of nitrogens with one attached hydrogen (secondary N) is 1. The number of nitrogens with zero attached hydrogens (tertiary/aromatic N) is 2. The first-order valence-corrected chi connectivity index (χ1v) is 8.56. The van der Waals surface area contributed by atoms with Gasteiger partial charge in [-0.1, -0.05) is 0 Å². The van der Waals surface area contributed by atoms with Crippen LogP contribution in [0.3, 0.4) is 0 Å². The fourth-order valence-corrected chi connectivity index (χ4v) is 3.18. The normalized spacial score (nSPS) is 17.1. The van der Waals surface area contributed by atoms with Gasteiger partial charge in [0, 0.05) is 25.3 Å². The molecule has 0 aliphatic carbocycles. The molecule has 0 radical (unpaired) electrons. The van der Waals surface area contributed by atoms with Crippen molar-refractivity contribution in [2.24, 2.45) is 0 Å². The predicted octanol–water partition coefficient (Wildman–Crippen LogP) is 1.23. The van der Waals surface area contributed by atoms with Crippen LogP contribution in [0.1, 0.15) is 20.3 Å². The molecule has 0 unspecified atom stereocenters. The van der Waals surface area contributed by atoms with Gasteiger partial charge in [-0.3, -0.25) is 4.79 Å². The molecule has 9 heteroatoms. The monoisotopic (exact) mass is 379 g/mol. The summed E-state index contributed by atoms with van der Waals surface area (Å²) in [7, 11) is 1.60. The van der Waals surface area contributed by atoms with Crippen LogP contribution >= 0.6 is 0 Å². The number of benzene rings is 1. The van der Waals surface area contributed by atoms with Crippen LogP contribution in [0.25, 0.3) is 0 Å². The second kappa shape index (κ2) is 8.15. The molecule has 0 aromatic heterocycles. The first-order chi connectivity index (χ1) is 12.6. The molecule has 2 rings (SSSR count). The molecule has 9 nitrogen and oxygen atoms in total. The number of urea groups is 1. The Morgan fingerprint density at radius 3 is 2.30 bits per heavy atom. The average Bonchev–Trinajstić information content (AvgIpc) is 2.60. The Morgan fingerprint density at radius 1 is 1.19 bits per heavy atom. The van der Waals surface area contributed by atoms with E-state index in [1.807, 2.05) is 38.1 Å². The molecule has 1 fully saturated rings. The molecule has 27 heavy (non-hydrogen) atoms. The summed E-state index contributed by atoms with van der Waals surface area (Å²) < 4.78 is 5.17. The van der Waals surface area contributed by atoms with Gasteiger partial charge in [0.15, 0.2) is 0 Å². The van der Waals surface area contributed by atoms with Gasteiger partial charge in [-0.05, 0) is 38.1 Å². The molecule has 1 aromatic carbocycles. The van der Waals surface area contributed by atoms with E-state index in [0.717, 1.165) is 11.4 Å². The molecule has 2 amide bonds. The molecule has 0 bridgehead atoms. The van der Waals surface area contributed by atoms with E-state index >= 15 is 0 Å². The van der Waals surface area contributed by atoms with E-state index in [9.17, 15) is 14.4 Å². The highest BCUT2D eigenvalue weighted by Crippen LogP contribution is 2.29. The number of rotatable bonds is 6. The third-order valence-corrected chi connectivity index (χ3v) is 4.55. The van der Waals surface area contributed by atoms with Gasteiger partial charge >= 0.3 is 18.0 Å². The molecular formula is C18H25N3O6. The highest BCUT2D eigenvalue weighted by Gasteiger charge is 2.37. The van der Waals surface area contributed by atoms with Crippen molar-refractivity contribution in [3.63, 3.8) is 0 Å². The van der Waals surface area contributed by atoms with E-state index in [1.165, 1.54) is 4.90 Å². The van der Waals surface area contributed by atoms with Gasteiger partial charge in [0.25, 0.3) is 0 Å². The summed E-state index contributed by atoms with van der Waals surface area (Å²) in [6, 6.07) is 5.60. The molecule has 1 saturated heterocycles. The van der Waals surface area contributed by atoms with Crippen LogP contribution in [0.5, 0.6) is 5.75 Å². The highest BCUT2D eigenvalue weighted by molar-refractivity contribution is 5.86. The van der Waals surface area contributed by atoms with Crippen molar-refractivity contribution < 1.29 is 29.3 Å². The number of methoxy groups -OCH3 is 1. The average molecular weight is 379 g/mol. The van der Waals surface area contributed by atoms with Gasteiger partial charge in [-0.15, -0.1) is 0 Å². The first kappa shape index (κ1) is 20.3. The topological polar surface area (TPSA) is 119 Å². The van der Waals surface area contributed by atoms with E-state index in [4.69, 9.17) is 14.9 Å². The summed E-state index contributed by atoms with van der Waals surface area (Å²) in [4.78, 5) is 38.0. The number of anilines is 1. The Hall–Kier alpha value is -2.97. The van der Waals surface area contributed by atoms with Crippen molar-refractivity contribution in [1.29, 1.82) is 0 Å². The summed E-state index contributed by atoms with van der Waals surface area (Å²) in [5.74, 6) is -1.90. The van der Waals surface area contributed by atoms with Crippen LogP contribution in [0.2, 0.25) is 0 Å². The lowest BCUT2D eigenvalue weighted by molar-refractivity contribution is -0.145. The van der Waals surface area contributed by atoms with E-state index in [-0.39, 0.29) is 0 Å². The van der Waals surface area contributed by atoms with Crippen LogP contribution < -0.4 is 15.0 Å². The van der Waals surface area contributed by atoms with Crippen LogP contribution in [-0.4, -0.2) is 71.4 Å². The number of carboxylic acid groups (broad SMARTS) is 2. The summed E-state index contributed by atoms with van der Waals surface area (Å²) in [5.41, 5.74) is 0.602. The zero-order chi connectivity index (χ0) is 20.2. The molecule has 148 valence electrons. The number of aliphatic carboxylic acids is 2. The quantitative estimate of drug-likeness (QED) is 0.680. The van der Waals surface area contributed by atoms with Gasteiger partial charge in [-0.2, -0.15) is 0 Å². The third-order valence-electron chi connectivity index (χ3n) is 4.55. The number of amides is 2. The zero-order valence-corrected chi connectivity index (χ0v) is 15.6. The van der Waals surface area contributed by atoms with Gasteiger partial charge < -0.3 is 30.1 Å². The Bertz CT molecular complexity index is 704. The fourth-order valence-electron chi connectivity index (χ4n) is 3.18. The summed E-state index contributed by atoms with van der Waals surface area (Å²) in [6.45, 7) is 5.29. The van der Waals surface area contributed by atoms with Crippen molar-refractivity contribution in [3.05, 3.63) is 24.3 Å². The summed E-state index contributed by atoms with van der Waals surface area (Å²) in [6.07, 6.45) is -0.670. The smallest absolute Gasteiger partial charge is 0.326 e. The number of hydrogen-bond acceptors (Lipinski definition) is 5. The summed E-state index contributed by atoms with van der Waals surface area (Å²) >= 11 is 0. The maximum absolute atomic E-state index is 12.4. The lowest BCUT2D eigenvalue weighted by atomic mass is 9.97. The van der Waals surface area contributed by atoms with Crippen LogP contribution in [0, 0.1) is 0 Å². The minimum absolute atomic E-state index is 0.365. The number of carboxylic acids is 2. The standard InChI is InChI=1S/C18H25N3O6/c1-18(2)11-20(17(26)19-14(16(24)25)10-15(22)23)8-9-21(18)12-4-6-13(27-3)7-5-12/h4-7,14H,8-11H2,1-3H3,(H,19,26)(H,22,23)(H,24,25)/t14-/m0/s1. The molecule has 1 aromatic rings. The maximum Gasteiger partial charge on any atom is 0.326 e. The predicted molar refractivity (Wildman–Crippen MR) is 98.2 cm³/mol. The largest absolute Gasteiger partial charge is 0.497 e. The molecule has 1 atom stereocenters. The lowest BCUT2D eigenvalue weighted by Gasteiger charge is -2.48. The fraction of sp³-hybridized carbons (Fsp3) is 0.500. The van der Waals surface area contributed by atoms with Crippen LogP contribution in [0.4, 0.5) is 10.5 Å². The Morgan fingerprint density at radius 2 is 1.81 bits per heavy atom. The number of hydrogen-bond donors (Lipinski definition) is 3. The van der Waals surface area contributed by atoms with Gasteiger partial charge in [-0.25, -0.2) is 9.59 Å². The van der Waals surface area contributed by atoms with Crippen molar-refractivity contribution in [1.82, 2.24) is 10.2 Å². The van der Waals surface area contributed by atoms with E-state index in [1.54, 1.807) is 7.11 Å². The van der Waals surface area contributed by atoms with Gasteiger partial charge in [0.2, 0.25) is 0 Å². The maximum atomic E-state index is 12.4. The van der Waals surface area contributed by atoms with Gasteiger partial charge in [0.05, 0.1) is 19.1 Å². The number of ether oxygens (including phenoxy) is 1. The van der Waals surface area contributed by atoms with E-state index < -0.39 is 36.0 Å². The molecule has 1 heterocycles. The molecule has 0 saturated carbocycles.